The number of nitrogens with zero attached hydrogens (tertiary/aromatic N) is 2. The number of furan rings is 1. The molecule has 1 aliphatic heterocycles. The number of nitriles is 1. The number of rotatable bonds is 6. The van der Waals surface area contributed by atoms with Crippen LogP contribution in [0.1, 0.15) is 22.5 Å². The van der Waals surface area contributed by atoms with E-state index in [1.165, 1.54) is 22.9 Å². The second-order valence-corrected chi connectivity index (χ2v) is 9.05. The molecule has 166 valence electrons. The molecule has 7 heteroatoms. The molecule has 0 radical (unpaired) electrons. The van der Waals surface area contributed by atoms with E-state index in [0.717, 1.165) is 16.7 Å². The normalized spacial score (nSPS) is 17.1. The van der Waals surface area contributed by atoms with E-state index >= 15 is 0 Å². The molecule has 2 heterocycles. The van der Waals surface area contributed by atoms with Crippen molar-refractivity contribution in [2.24, 2.45) is 0 Å². The van der Waals surface area contributed by atoms with Gasteiger partial charge in [0.2, 0.25) is 5.91 Å². The Morgan fingerprint density at radius 1 is 1.12 bits per heavy atom. The van der Waals surface area contributed by atoms with Crippen LogP contribution in [0.3, 0.4) is 0 Å². The van der Waals surface area contributed by atoms with Gasteiger partial charge >= 0.3 is 0 Å². The number of hydrogen-bond acceptors (Lipinski definition) is 5. The molecule has 2 aromatic carbocycles. The highest BCUT2D eigenvalue weighted by Gasteiger charge is 2.40. The summed E-state index contributed by atoms with van der Waals surface area (Å²) in [5.74, 6) is -0.113. The molecule has 4 rings (SSSR count). The standard InChI is InChI=1S/C26H23N3O3S/c1-17-8-10-20(11-9-17)29-25(31)23(14-19-6-3-5-18(2)13-19)33-26(29)22(15-27)24(30)28-16-21-7-4-12-32-21/h3-13,23H,14,16H2,1-2H3,(H,28,30). The zero-order valence-electron chi connectivity index (χ0n) is 18.4. The molecule has 1 fully saturated rings. The third-order valence-corrected chi connectivity index (χ3v) is 6.57. The number of thioether (sulfide) groups is 1. The first-order valence-electron chi connectivity index (χ1n) is 10.5. The van der Waals surface area contributed by atoms with Crippen molar-refractivity contribution in [3.05, 3.63) is 100.0 Å². The molecule has 0 bridgehead atoms. The van der Waals surface area contributed by atoms with Gasteiger partial charge in [0, 0.05) is 5.69 Å². The molecule has 1 unspecified atom stereocenters. The van der Waals surface area contributed by atoms with Crippen LogP contribution in [-0.4, -0.2) is 17.1 Å². The number of hydrogen-bond donors (Lipinski definition) is 1. The molecular weight excluding hydrogens is 434 g/mol. The topological polar surface area (TPSA) is 86.3 Å². The van der Waals surface area contributed by atoms with E-state index in [0.29, 0.717) is 22.9 Å². The van der Waals surface area contributed by atoms with Gasteiger partial charge in [-0.25, -0.2) is 0 Å². The van der Waals surface area contributed by atoms with Gasteiger partial charge in [0.1, 0.15) is 22.4 Å². The molecule has 3 aromatic rings. The predicted molar refractivity (Wildman–Crippen MR) is 128 cm³/mol. The largest absolute Gasteiger partial charge is 0.467 e. The average Bonchev–Trinajstić information content (AvgIpc) is 3.42. The lowest BCUT2D eigenvalue weighted by Gasteiger charge is -2.19. The molecule has 0 spiro atoms. The molecule has 2 amide bonds. The monoisotopic (exact) mass is 457 g/mol. The Balaban J connectivity index is 1.68. The summed E-state index contributed by atoms with van der Waals surface area (Å²) in [6.45, 7) is 4.12. The Morgan fingerprint density at radius 3 is 2.58 bits per heavy atom. The fourth-order valence-electron chi connectivity index (χ4n) is 3.64. The second-order valence-electron chi connectivity index (χ2n) is 7.86. The average molecular weight is 458 g/mol. The highest BCUT2D eigenvalue weighted by molar-refractivity contribution is 8.05. The van der Waals surface area contributed by atoms with Gasteiger partial charge in [0.15, 0.2) is 0 Å². The van der Waals surface area contributed by atoms with Crippen LogP contribution >= 0.6 is 11.8 Å². The number of benzene rings is 2. The van der Waals surface area contributed by atoms with Crippen molar-refractivity contribution < 1.29 is 14.0 Å². The highest BCUT2D eigenvalue weighted by atomic mass is 32.2. The summed E-state index contributed by atoms with van der Waals surface area (Å²) in [4.78, 5) is 27.9. The SMILES string of the molecule is Cc1ccc(N2C(=O)C(Cc3cccc(C)c3)SC2=C(C#N)C(=O)NCc2ccco2)cc1. The molecule has 0 aliphatic carbocycles. The van der Waals surface area contributed by atoms with Crippen LogP contribution in [0, 0.1) is 25.2 Å². The lowest BCUT2D eigenvalue weighted by atomic mass is 10.1. The lowest BCUT2D eigenvalue weighted by Crippen LogP contribution is -2.32. The minimum Gasteiger partial charge on any atom is -0.467 e. The Labute approximate surface area is 196 Å². The zero-order chi connectivity index (χ0) is 23.4. The van der Waals surface area contributed by atoms with E-state index in [-0.39, 0.29) is 18.0 Å². The summed E-state index contributed by atoms with van der Waals surface area (Å²) in [5.41, 5.74) is 3.74. The minimum absolute atomic E-state index is 0.0905. The number of carbonyl (C=O) groups excluding carboxylic acids is 2. The van der Waals surface area contributed by atoms with E-state index in [4.69, 9.17) is 4.42 Å². The van der Waals surface area contributed by atoms with Crippen LogP contribution in [0.2, 0.25) is 0 Å². The van der Waals surface area contributed by atoms with Gasteiger partial charge in [-0.1, -0.05) is 59.3 Å². The van der Waals surface area contributed by atoms with E-state index in [2.05, 4.69) is 5.32 Å². The van der Waals surface area contributed by atoms with E-state index < -0.39 is 11.2 Å². The predicted octanol–water partition coefficient (Wildman–Crippen LogP) is 4.64. The summed E-state index contributed by atoms with van der Waals surface area (Å²) in [6, 6.07) is 21.0. The number of aryl methyl sites for hydroxylation is 2. The molecule has 0 saturated carbocycles. The van der Waals surface area contributed by atoms with Crippen molar-refractivity contribution in [1.82, 2.24) is 5.32 Å². The van der Waals surface area contributed by atoms with E-state index in [9.17, 15) is 14.9 Å². The van der Waals surface area contributed by atoms with E-state index in [1.807, 2.05) is 68.4 Å². The first-order chi connectivity index (χ1) is 16.0. The van der Waals surface area contributed by atoms with Crippen molar-refractivity contribution in [3.63, 3.8) is 0 Å². The molecule has 1 aromatic heterocycles. The number of carbonyl (C=O) groups is 2. The Morgan fingerprint density at radius 2 is 1.91 bits per heavy atom. The van der Waals surface area contributed by atoms with Crippen molar-refractivity contribution in [2.75, 3.05) is 4.90 Å². The van der Waals surface area contributed by atoms with Crippen LogP contribution in [0.5, 0.6) is 0 Å². The van der Waals surface area contributed by atoms with Crippen molar-refractivity contribution in [1.29, 1.82) is 5.26 Å². The minimum atomic E-state index is -0.544. The van der Waals surface area contributed by atoms with Gasteiger partial charge in [-0.15, -0.1) is 0 Å². The molecule has 1 atom stereocenters. The number of amides is 2. The summed E-state index contributed by atoms with van der Waals surface area (Å²) in [6.07, 6.45) is 2.02. The van der Waals surface area contributed by atoms with Gasteiger partial charge in [-0.3, -0.25) is 14.5 Å². The highest BCUT2D eigenvalue weighted by Crippen LogP contribution is 2.42. The third-order valence-electron chi connectivity index (χ3n) is 5.30. The lowest BCUT2D eigenvalue weighted by molar-refractivity contribution is -0.117. The van der Waals surface area contributed by atoms with Gasteiger partial charge in [0.25, 0.3) is 5.91 Å². The molecule has 1 N–H and O–H groups in total. The van der Waals surface area contributed by atoms with Gasteiger partial charge in [-0.05, 0) is 50.1 Å². The molecule has 1 aliphatic rings. The van der Waals surface area contributed by atoms with Crippen LogP contribution in [0.15, 0.2) is 81.9 Å². The maximum atomic E-state index is 13.5. The molecular formula is C26H23N3O3S. The second kappa shape index (κ2) is 9.80. The maximum Gasteiger partial charge on any atom is 0.265 e. The Kier molecular flexibility index (Phi) is 6.66. The van der Waals surface area contributed by atoms with Crippen LogP contribution in [0.25, 0.3) is 0 Å². The van der Waals surface area contributed by atoms with Crippen LogP contribution in [-0.2, 0) is 22.6 Å². The smallest absolute Gasteiger partial charge is 0.265 e. The van der Waals surface area contributed by atoms with Gasteiger partial charge < -0.3 is 9.73 Å². The Bertz CT molecular complexity index is 1240. The van der Waals surface area contributed by atoms with E-state index in [1.54, 1.807) is 12.1 Å². The van der Waals surface area contributed by atoms with Crippen molar-refractivity contribution in [3.8, 4) is 6.07 Å². The summed E-state index contributed by atoms with van der Waals surface area (Å²) in [7, 11) is 0. The third kappa shape index (κ3) is 5.02. The summed E-state index contributed by atoms with van der Waals surface area (Å²) in [5, 5.41) is 12.5. The van der Waals surface area contributed by atoms with Crippen LogP contribution < -0.4 is 10.2 Å². The van der Waals surface area contributed by atoms with Gasteiger partial charge in [-0.2, -0.15) is 5.26 Å². The summed E-state index contributed by atoms with van der Waals surface area (Å²) >= 11 is 1.26. The summed E-state index contributed by atoms with van der Waals surface area (Å²) < 4.78 is 5.25. The molecule has 33 heavy (non-hydrogen) atoms. The number of nitrogens with one attached hydrogen (secondary N) is 1. The number of anilines is 1. The Hall–Kier alpha value is -3.76. The first-order valence-corrected chi connectivity index (χ1v) is 11.4. The fraction of sp³-hybridized carbons (Fsp3) is 0.192. The van der Waals surface area contributed by atoms with Gasteiger partial charge in [0.05, 0.1) is 18.1 Å². The van der Waals surface area contributed by atoms with Crippen molar-refractivity contribution >= 4 is 29.3 Å². The maximum absolute atomic E-state index is 13.5. The quantitative estimate of drug-likeness (QED) is 0.431. The molecule has 1 saturated heterocycles. The van der Waals surface area contributed by atoms with Crippen LogP contribution in [0.4, 0.5) is 5.69 Å². The fourth-order valence-corrected chi connectivity index (χ4v) is 4.95. The first kappa shape index (κ1) is 22.4. The van der Waals surface area contributed by atoms with Crippen molar-refractivity contribution in [2.45, 2.75) is 32.1 Å². The molecule has 6 nitrogen and oxygen atoms in total. The zero-order valence-corrected chi connectivity index (χ0v) is 19.2.